The summed E-state index contributed by atoms with van der Waals surface area (Å²) in [6.45, 7) is 3.63. The average Bonchev–Trinajstić information content (AvgIpc) is 1.77. The van der Waals surface area contributed by atoms with Gasteiger partial charge < -0.3 is 21.7 Å². The van der Waals surface area contributed by atoms with Gasteiger partial charge in [0, 0.05) is 5.70 Å². The number of rotatable bonds is 1. The van der Waals surface area contributed by atoms with E-state index >= 15 is 0 Å². The van der Waals surface area contributed by atoms with Crippen LogP contribution in [-0.2, 0) is 0 Å². The SMILES string of the molecule is CC1=C[C@@](C)(NC(N)=O)NC(=S)N1. The molecule has 72 valence electrons. The van der Waals surface area contributed by atoms with Crippen molar-refractivity contribution in [2.75, 3.05) is 0 Å². The standard InChI is InChI=1S/C7H12N4OS/c1-4-3-7(2,10-5(8)12)11-6(13)9-4/h3H,1-2H3,(H3,8,10,12)(H2,9,11,13)/t7-/m0/s1. The molecule has 1 rings (SSSR count). The molecular weight excluding hydrogens is 188 g/mol. The van der Waals surface area contributed by atoms with Crippen LogP contribution in [0.25, 0.3) is 0 Å². The third kappa shape index (κ3) is 2.59. The first-order valence-electron chi connectivity index (χ1n) is 3.77. The van der Waals surface area contributed by atoms with Crippen molar-refractivity contribution in [2.45, 2.75) is 19.5 Å². The van der Waals surface area contributed by atoms with Crippen molar-refractivity contribution in [3.63, 3.8) is 0 Å². The van der Waals surface area contributed by atoms with Crippen LogP contribution in [0.1, 0.15) is 13.8 Å². The zero-order valence-corrected chi connectivity index (χ0v) is 8.29. The molecule has 5 nitrogen and oxygen atoms in total. The lowest BCUT2D eigenvalue weighted by atomic mass is 10.1. The lowest BCUT2D eigenvalue weighted by molar-refractivity contribution is 0.239. The van der Waals surface area contributed by atoms with Gasteiger partial charge in [0.05, 0.1) is 0 Å². The fraction of sp³-hybridized carbons (Fsp3) is 0.429. The minimum atomic E-state index is -0.696. The number of thiocarbonyl (C=S) groups is 1. The molecule has 0 saturated heterocycles. The second-order valence-corrected chi connectivity index (χ2v) is 3.51. The van der Waals surface area contributed by atoms with Crippen molar-refractivity contribution in [2.24, 2.45) is 5.73 Å². The van der Waals surface area contributed by atoms with Gasteiger partial charge in [0.25, 0.3) is 0 Å². The summed E-state index contributed by atoms with van der Waals surface area (Å²) in [5, 5.41) is 8.79. The smallest absolute Gasteiger partial charge is 0.314 e. The molecule has 5 N–H and O–H groups in total. The minimum absolute atomic E-state index is 0.469. The molecule has 1 atom stereocenters. The summed E-state index contributed by atoms with van der Waals surface area (Å²) < 4.78 is 0. The number of nitrogens with two attached hydrogens (primary N) is 1. The summed E-state index contributed by atoms with van der Waals surface area (Å²) in [7, 11) is 0. The van der Waals surface area contributed by atoms with Crippen molar-refractivity contribution in [1.29, 1.82) is 0 Å². The van der Waals surface area contributed by atoms with Crippen LogP contribution >= 0.6 is 12.2 Å². The normalized spacial score (nSPS) is 26.9. The van der Waals surface area contributed by atoms with E-state index in [1.807, 2.05) is 6.92 Å². The fourth-order valence-electron chi connectivity index (χ4n) is 1.27. The number of carbonyl (C=O) groups excluding carboxylic acids is 1. The highest BCUT2D eigenvalue weighted by molar-refractivity contribution is 7.80. The molecule has 0 bridgehead atoms. The van der Waals surface area contributed by atoms with Crippen LogP contribution in [0.2, 0.25) is 0 Å². The summed E-state index contributed by atoms with van der Waals surface area (Å²) in [5.41, 5.74) is 5.20. The second-order valence-electron chi connectivity index (χ2n) is 3.10. The molecule has 2 amide bonds. The number of carbonyl (C=O) groups is 1. The van der Waals surface area contributed by atoms with E-state index in [1.165, 1.54) is 0 Å². The van der Waals surface area contributed by atoms with Gasteiger partial charge in [-0.2, -0.15) is 0 Å². The van der Waals surface area contributed by atoms with E-state index < -0.39 is 11.7 Å². The van der Waals surface area contributed by atoms with Crippen molar-refractivity contribution < 1.29 is 4.79 Å². The van der Waals surface area contributed by atoms with E-state index in [0.717, 1.165) is 5.70 Å². The Morgan fingerprint density at radius 1 is 1.77 bits per heavy atom. The Labute approximate surface area is 81.7 Å². The molecule has 1 aliphatic heterocycles. The molecule has 0 saturated carbocycles. The predicted octanol–water partition coefficient (Wildman–Crippen LogP) is -0.248. The molecule has 0 aromatic heterocycles. The maximum atomic E-state index is 10.7. The Kier molecular flexibility index (Phi) is 2.42. The van der Waals surface area contributed by atoms with Crippen LogP contribution in [0.3, 0.4) is 0 Å². The number of allylic oxidation sites excluding steroid dienone is 1. The first-order valence-corrected chi connectivity index (χ1v) is 4.18. The highest BCUT2D eigenvalue weighted by atomic mass is 32.1. The highest BCUT2D eigenvalue weighted by Crippen LogP contribution is 2.08. The van der Waals surface area contributed by atoms with Crippen LogP contribution in [0.5, 0.6) is 0 Å². The lowest BCUT2D eigenvalue weighted by Crippen LogP contribution is -2.63. The Morgan fingerprint density at radius 2 is 2.38 bits per heavy atom. The molecule has 0 fully saturated rings. The molecule has 0 spiro atoms. The summed E-state index contributed by atoms with van der Waals surface area (Å²) in [4.78, 5) is 10.7. The summed E-state index contributed by atoms with van der Waals surface area (Å²) in [6, 6.07) is -0.594. The van der Waals surface area contributed by atoms with Gasteiger partial charge in [0.2, 0.25) is 0 Å². The van der Waals surface area contributed by atoms with Crippen LogP contribution in [0.4, 0.5) is 4.79 Å². The molecule has 6 heteroatoms. The molecular formula is C7H12N4OS. The van der Waals surface area contributed by atoms with Crippen LogP contribution in [0, 0.1) is 0 Å². The maximum Gasteiger partial charge on any atom is 0.314 e. The van der Waals surface area contributed by atoms with Gasteiger partial charge in [-0.1, -0.05) is 0 Å². The Hall–Kier alpha value is -1.30. The highest BCUT2D eigenvalue weighted by Gasteiger charge is 2.27. The first-order chi connectivity index (χ1) is 5.91. The number of hydrogen-bond donors (Lipinski definition) is 4. The molecule has 1 aliphatic rings. The van der Waals surface area contributed by atoms with Gasteiger partial charge in [-0.15, -0.1) is 0 Å². The molecule has 0 aromatic rings. The van der Waals surface area contributed by atoms with Crippen LogP contribution in [-0.4, -0.2) is 16.8 Å². The number of primary amides is 1. The fourth-order valence-corrected chi connectivity index (χ4v) is 1.65. The van der Waals surface area contributed by atoms with Crippen LogP contribution in [0.15, 0.2) is 11.8 Å². The van der Waals surface area contributed by atoms with Crippen molar-refractivity contribution in [1.82, 2.24) is 16.0 Å². The number of hydrogen-bond acceptors (Lipinski definition) is 2. The monoisotopic (exact) mass is 200 g/mol. The number of amides is 2. The van der Waals surface area contributed by atoms with Crippen molar-refractivity contribution in [3.8, 4) is 0 Å². The van der Waals surface area contributed by atoms with Crippen molar-refractivity contribution >= 4 is 23.4 Å². The van der Waals surface area contributed by atoms with Gasteiger partial charge in [-0.25, -0.2) is 4.79 Å². The number of urea groups is 1. The summed E-state index contributed by atoms with van der Waals surface area (Å²) in [6.07, 6.45) is 1.80. The minimum Gasteiger partial charge on any atom is -0.352 e. The Bertz CT molecular complexity index is 288. The Morgan fingerprint density at radius 3 is 2.85 bits per heavy atom. The first kappa shape index (κ1) is 9.79. The van der Waals surface area contributed by atoms with Gasteiger partial charge in [-0.3, -0.25) is 0 Å². The van der Waals surface area contributed by atoms with E-state index in [9.17, 15) is 4.79 Å². The third-order valence-electron chi connectivity index (χ3n) is 1.57. The van der Waals surface area contributed by atoms with E-state index in [1.54, 1.807) is 13.0 Å². The van der Waals surface area contributed by atoms with E-state index in [2.05, 4.69) is 16.0 Å². The third-order valence-corrected chi connectivity index (χ3v) is 1.78. The molecule has 1 heterocycles. The van der Waals surface area contributed by atoms with Gasteiger partial charge in [0.15, 0.2) is 5.11 Å². The van der Waals surface area contributed by atoms with Gasteiger partial charge in [0.1, 0.15) is 5.66 Å². The predicted molar refractivity (Wildman–Crippen MR) is 53.8 cm³/mol. The zero-order valence-electron chi connectivity index (χ0n) is 7.47. The molecule has 0 unspecified atom stereocenters. The molecule has 0 aliphatic carbocycles. The lowest BCUT2D eigenvalue weighted by Gasteiger charge is -2.34. The summed E-state index contributed by atoms with van der Waals surface area (Å²) in [5.74, 6) is 0. The average molecular weight is 200 g/mol. The molecule has 0 radical (unpaired) electrons. The number of nitrogens with one attached hydrogen (secondary N) is 3. The second kappa shape index (κ2) is 3.21. The molecule has 0 aromatic carbocycles. The summed E-state index contributed by atoms with van der Waals surface area (Å²) >= 11 is 4.93. The largest absolute Gasteiger partial charge is 0.352 e. The molecule has 13 heavy (non-hydrogen) atoms. The van der Waals surface area contributed by atoms with Gasteiger partial charge in [-0.05, 0) is 32.1 Å². The van der Waals surface area contributed by atoms with E-state index in [-0.39, 0.29) is 0 Å². The maximum absolute atomic E-state index is 10.7. The zero-order chi connectivity index (χ0) is 10.1. The van der Waals surface area contributed by atoms with Crippen LogP contribution < -0.4 is 21.7 Å². The Balaban J connectivity index is 2.83. The topological polar surface area (TPSA) is 79.2 Å². The van der Waals surface area contributed by atoms with E-state index in [0.29, 0.717) is 5.11 Å². The van der Waals surface area contributed by atoms with E-state index in [4.69, 9.17) is 18.0 Å². The van der Waals surface area contributed by atoms with Crippen molar-refractivity contribution in [3.05, 3.63) is 11.8 Å². The quantitative estimate of drug-likeness (QED) is 0.440. The van der Waals surface area contributed by atoms with Gasteiger partial charge >= 0.3 is 6.03 Å².